The number of carbonyl (C=O) groups excluding carboxylic acids is 1. The van der Waals surface area contributed by atoms with Gasteiger partial charge in [0.2, 0.25) is 0 Å². The van der Waals surface area contributed by atoms with Gasteiger partial charge in [-0.1, -0.05) is 12.0 Å². The summed E-state index contributed by atoms with van der Waals surface area (Å²) in [6.07, 6.45) is 5.11. The fraction of sp³-hybridized carbons (Fsp3) is 0.235. The summed E-state index contributed by atoms with van der Waals surface area (Å²) in [6, 6.07) is 10.4. The molecular weight excluding hydrogens is 298 g/mol. The zero-order valence-corrected chi connectivity index (χ0v) is 13.0. The highest BCUT2D eigenvalue weighted by Crippen LogP contribution is 2.24. The van der Waals surface area contributed by atoms with Crippen LogP contribution in [0, 0.1) is 12.3 Å². The van der Waals surface area contributed by atoms with Gasteiger partial charge in [-0.3, -0.25) is 4.79 Å². The average Bonchev–Trinajstić information content (AvgIpc) is 3.06. The average molecular weight is 315 g/mol. The molecule has 22 heavy (non-hydrogen) atoms. The van der Waals surface area contributed by atoms with Gasteiger partial charge >= 0.3 is 0 Å². The second-order valence-corrected chi connectivity index (χ2v) is 5.90. The van der Waals surface area contributed by atoms with E-state index in [-0.39, 0.29) is 19.1 Å². The quantitative estimate of drug-likeness (QED) is 0.805. The fourth-order valence-electron chi connectivity index (χ4n) is 1.85. The van der Waals surface area contributed by atoms with E-state index < -0.39 is 5.60 Å². The molecule has 1 aromatic heterocycles. The van der Waals surface area contributed by atoms with Crippen LogP contribution in [-0.4, -0.2) is 24.2 Å². The summed E-state index contributed by atoms with van der Waals surface area (Å²) in [4.78, 5) is 12.9. The smallest absolute Gasteiger partial charge is 0.251 e. The molecule has 114 valence electrons. The maximum Gasteiger partial charge on any atom is 0.251 e. The van der Waals surface area contributed by atoms with Gasteiger partial charge in [0.05, 0.1) is 6.54 Å². The molecule has 0 spiro atoms. The third-order valence-corrected chi connectivity index (χ3v) is 4.21. The molecule has 0 aliphatic heterocycles. The lowest BCUT2D eigenvalue weighted by Gasteiger charge is -2.22. The molecule has 2 rings (SSSR count). The van der Waals surface area contributed by atoms with Gasteiger partial charge in [0.25, 0.3) is 5.91 Å². The van der Waals surface area contributed by atoms with E-state index in [2.05, 4.69) is 11.2 Å². The van der Waals surface area contributed by atoms with Crippen LogP contribution in [0.4, 0.5) is 0 Å². The van der Waals surface area contributed by atoms with Crippen molar-refractivity contribution >= 4 is 17.2 Å². The summed E-state index contributed by atoms with van der Waals surface area (Å²) < 4.78 is 5.25. The van der Waals surface area contributed by atoms with Gasteiger partial charge < -0.3 is 15.2 Å². The maximum absolute atomic E-state index is 12.1. The zero-order chi connectivity index (χ0) is 16.0. The number of terminal acetylenes is 1. The van der Waals surface area contributed by atoms with E-state index in [0.717, 1.165) is 4.88 Å². The number of thiophene rings is 1. The molecule has 0 unspecified atom stereocenters. The lowest BCUT2D eigenvalue weighted by Crippen LogP contribution is -2.38. The van der Waals surface area contributed by atoms with Crippen LogP contribution >= 0.6 is 11.3 Å². The van der Waals surface area contributed by atoms with E-state index in [0.29, 0.717) is 11.3 Å². The molecule has 0 saturated heterocycles. The summed E-state index contributed by atoms with van der Waals surface area (Å²) >= 11 is 1.45. The molecule has 0 aliphatic rings. The van der Waals surface area contributed by atoms with Crippen molar-refractivity contribution in [2.24, 2.45) is 0 Å². The molecule has 0 saturated carbocycles. The van der Waals surface area contributed by atoms with Gasteiger partial charge in [-0.05, 0) is 42.6 Å². The molecule has 1 heterocycles. The number of benzene rings is 1. The Labute approximate surface area is 133 Å². The van der Waals surface area contributed by atoms with Gasteiger partial charge in [-0.2, -0.15) is 0 Å². The molecule has 0 fully saturated rings. The predicted octanol–water partition coefficient (Wildman–Crippen LogP) is 2.40. The standard InChI is InChI=1S/C17H17NO3S/c1-3-10-21-14-8-6-13(7-9-14)16(19)18-12-17(2,20)15-5-4-11-22-15/h1,4-9,11,20H,10,12H2,2H3,(H,18,19)/t17-/m0/s1. The normalized spacial score (nSPS) is 13.0. The fourth-order valence-corrected chi connectivity index (χ4v) is 2.64. The number of rotatable bonds is 6. The highest BCUT2D eigenvalue weighted by molar-refractivity contribution is 7.10. The van der Waals surface area contributed by atoms with E-state index >= 15 is 0 Å². The lowest BCUT2D eigenvalue weighted by molar-refractivity contribution is 0.0557. The van der Waals surface area contributed by atoms with E-state index in [1.54, 1.807) is 31.2 Å². The maximum atomic E-state index is 12.1. The van der Waals surface area contributed by atoms with E-state index in [1.807, 2.05) is 17.5 Å². The highest BCUT2D eigenvalue weighted by Gasteiger charge is 2.25. The summed E-state index contributed by atoms with van der Waals surface area (Å²) in [7, 11) is 0. The molecule has 0 bridgehead atoms. The molecule has 0 radical (unpaired) electrons. The van der Waals surface area contributed by atoms with Crippen molar-refractivity contribution in [3.63, 3.8) is 0 Å². The number of amides is 1. The minimum Gasteiger partial charge on any atom is -0.481 e. The minimum absolute atomic E-state index is 0.141. The zero-order valence-electron chi connectivity index (χ0n) is 12.2. The molecule has 1 amide bonds. The second-order valence-electron chi connectivity index (χ2n) is 4.95. The topological polar surface area (TPSA) is 58.6 Å². The molecule has 4 nitrogen and oxygen atoms in total. The number of hydrogen-bond acceptors (Lipinski definition) is 4. The van der Waals surface area contributed by atoms with Crippen molar-refractivity contribution in [2.45, 2.75) is 12.5 Å². The first kappa shape index (κ1) is 16.1. The van der Waals surface area contributed by atoms with Crippen molar-refractivity contribution in [2.75, 3.05) is 13.2 Å². The molecule has 1 atom stereocenters. The first-order chi connectivity index (χ1) is 10.5. The third-order valence-electron chi connectivity index (χ3n) is 3.08. The first-order valence-electron chi connectivity index (χ1n) is 6.74. The van der Waals surface area contributed by atoms with Gasteiger partial charge in [-0.25, -0.2) is 0 Å². The van der Waals surface area contributed by atoms with Gasteiger partial charge in [0.1, 0.15) is 18.0 Å². The summed E-state index contributed by atoms with van der Waals surface area (Å²) in [5.41, 5.74) is -0.588. The van der Waals surface area contributed by atoms with Gasteiger partial charge in [0, 0.05) is 10.4 Å². The number of carbonyl (C=O) groups is 1. The monoisotopic (exact) mass is 315 g/mol. The van der Waals surface area contributed by atoms with Gasteiger partial charge in [0.15, 0.2) is 0 Å². The van der Waals surface area contributed by atoms with Crippen LogP contribution in [0.15, 0.2) is 41.8 Å². The summed E-state index contributed by atoms with van der Waals surface area (Å²) in [5.74, 6) is 2.74. The Morgan fingerprint density at radius 3 is 2.73 bits per heavy atom. The van der Waals surface area contributed by atoms with Gasteiger partial charge in [-0.15, -0.1) is 17.8 Å². The third kappa shape index (κ3) is 4.10. The number of nitrogens with one attached hydrogen (secondary N) is 1. The Bertz CT molecular complexity index is 654. The molecule has 1 aromatic carbocycles. The molecule has 0 aliphatic carbocycles. The van der Waals surface area contributed by atoms with E-state index in [9.17, 15) is 9.90 Å². The van der Waals surface area contributed by atoms with E-state index in [4.69, 9.17) is 11.2 Å². The van der Waals surface area contributed by atoms with Crippen LogP contribution in [0.5, 0.6) is 5.75 Å². The van der Waals surface area contributed by atoms with Crippen molar-refractivity contribution in [3.05, 3.63) is 52.2 Å². The number of ether oxygens (including phenoxy) is 1. The van der Waals surface area contributed by atoms with Crippen LogP contribution in [0.3, 0.4) is 0 Å². The number of hydrogen-bond donors (Lipinski definition) is 2. The number of aliphatic hydroxyl groups is 1. The Morgan fingerprint density at radius 2 is 2.14 bits per heavy atom. The molecule has 2 aromatic rings. The predicted molar refractivity (Wildman–Crippen MR) is 87.0 cm³/mol. The first-order valence-corrected chi connectivity index (χ1v) is 7.62. The summed E-state index contributed by atoms with van der Waals surface area (Å²) in [5, 5.41) is 15.0. The Hall–Kier alpha value is -2.29. The molecule has 5 heteroatoms. The largest absolute Gasteiger partial charge is 0.481 e. The lowest BCUT2D eigenvalue weighted by atomic mass is 10.1. The SMILES string of the molecule is C#CCOc1ccc(C(=O)NC[C@](C)(O)c2cccs2)cc1. The Balaban J connectivity index is 1.93. The summed E-state index contributed by atoms with van der Waals surface area (Å²) in [6.45, 7) is 2.01. The Kier molecular flexibility index (Phi) is 5.21. The van der Waals surface area contributed by atoms with Crippen molar-refractivity contribution in [1.82, 2.24) is 5.32 Å². The van der Waals surface area contributed by atoms with Crippen LogP contribution in [-0.2, 0) is 5.60 Å². The Morgan fingerprint density at radius 1 is 1.41 bits per heavy atom. The molecule has 2 N–H and O–H groups in total. The van der Waals surface area contributed by atoms with Crippen LogP contribution < -0.4 is 10.1 Å². The van der Waals surface area contributed by atoms with Crippen LogP contribution in [0.1, 0.15) is 22.2 Å². The van der Waals surface area contributed by atoms with E-state index in [1.165, 1.54) is 11.3 Å². The van der Waals surface area contributed by atoms with Crippen molar-refractivity contribution < 1.29 is 14.6 Å². The van der Waals surface area contributed by atoms with Crippen LogP contribution in [0.25, 0.3) is 0 Å². The van der Waals surface area contributed by atoms with Crippen molar-refractivity contribution in [3.8, 4) is 18.1 Å². The second kappa shape index (κ2) is 7.12. The molecular formula is C17H17NO3S. The highest BCUT2D eigenvalue weighted by atomic mass is 32.1. The van der Waals surface area contributed by atoms with Crippen LogP contribution in [0.2, 0.25) is 0 Å². The van der Waals surface area contributed by atoms with Crippen molar-refractivity contribution in [1.29, 1.82) is 0 Å². The minimum atomic E-state index is -1.08.